The molecule has 4 atom stereocenters. The Morgan fingerprint density at radius 2 is 2.36 bits per heavy atom. The number of aliphatic hydroxyl groups is 1. The fourth-order valence-electron chi connectivity index (χ4n) is 2.20. The molecule has 2 aliphatic heterocycles. The van der Waals surface area contributed by atoms with E-state index in [-0.39, 0.29) is 6.10 Å². The highest BCUT2D eigenvalue weighted by Crippen LogP contribution is 2.40. The molecular weight excluding hydrogens is 164 g/mol. The Morgan fingerprint density at radius 1 is 1.55 bits per heavy atom. The molecule has 0 radical (unpaired) electrons. The summed E-state index contributed by atoms with van der Waals surface area (Å²) in [6, 6.07) is 0. The van der Waals surface area contributed by atoms with Gasteiger partial charge in [0.15, 0.2) is 0 Å². The van der Waals surface area contributed by atoms with E-state index in [0.29, 0.717) is 24.0 Å². The van der Waals surface area contributed by atoms with Gasteiger partial charge < -0.3 is 9.84 Å². The summed E-state index contributed by atoms with van der Waals surface area (Å²) in [6.45, 7) is 0. The van der Waals surface area contributed by atoms with Crippen molar-refractivity contribution in [3.63, 3.8) is 0 Å². The zero-order valence-electron chi connectivity index (χ0n) is 6.37. The van der Waals surface area contributed by atoms with Crippen molar-refractivity contribution in [3.8, 4) is 0 Å². The molecule has 0 saturated carbocycles. The first kappa shape index (κ1) is 7.84. The molecule has 2 aliphatic rings. The molecule has 0 spiro atoms. The van der Waals surface area contributed by atoms with E-state index in [2.05, 4.69) is 0 Å². The average Bonchev–Trinajstić information content (AvgIpc) is 2.62. The lowest BCUT2D eigenvalue weighted by atomic mass is 9.86. The molecule has 2 nitrogen and oxygen atoms in total. The Morgan fingerprint density at radius 3 is 2.82 bits per heavy atom. The van der Waals surface area contributed by atoms with Crippen molar-refractivity contribution in [3.05, 3.63) is 0 Å². The predicted molar refractivity (Wildman–Crippen MR) is 42.7 cm³/mol. The van der Waals surface area contributed by atoms with Gasteiger partial charge in [-0.1, -0.05) is 0 Å². The van der Waals surface area contributed by atoms with Gasteiger partial charge in [0.2, 0.25) is 0 Å². The van der Waals surface area contributed by atoms with Crippen LogP contribution in [-0.2, 0) is 4.74 Å². The molecule has 11 heavy (non-hydrogen) atoms. The SMILES string of the molecule is OC(CCl)C1CC2CCC1O2. The van der Waals surface area contributed by atoms with Crippen LogP contribution in [-0.4, -0.2) is 29.3 Å². The van der Waals surface area contributed by atoms with Crippen LogP contribution in [0.3, 0.4) is 0 Å². The average molecular weight is 177 g/mol. The molecule has 0 aromatic heterocycles. The topological polar surface area (TPSA) is 29.5 Å². The van der Waals surface area contributed by atoms with E-state index in [9.17, 15) is 5.11 Å². The third kappa shape index (κ3) is 1.28. The summed E-state index contributed by atoms with van der Waals surface area (Å²) >= 11 is 5.56. The monoisotopic (exact) mass is 176 g/mol. The van der Waals surface area contributed by atoms with E-state index < -0.39 is 0 Å². The molecule has 0 amide bonds. The largest absolute Gasteiger partial charge is 0.391 e. The van der Waals surface area contributed by atoms with Crippen LogP contribution in [0, 0.1) is 5.92 Å². The molecule has 2 heterocycles. The maximum atomic E-state index is 9.47. The van der Waals surface area contributed by atoms with Crippen LogP contribution in [0.25, 0.3) is 0 Å². The molecule has 4 unspecified atom stereocenters. The summed E-state index contributed by atoms with van der Waals surface area (Å²) in [5, 5.41) is 9.47. The van der Waals surface area contributed by atoms with Crippen LogP contribution in [0.5, 0.6) is 0 Å². The minimum atomic E-state index is -0.355. The van der Waals surface area contributed by atoms with Crippen molar-refractivity contribution in [2.75, 3.05) is 5.88 Å². The van der Waals surface area contributed by atoms with Gasteiger partial charge in [0, 0.05) is 11.8 Å². The minimum Gasteiger partial charge on any atom is -0.391 e. The highest BCUT2D eigenvalue weighted by Gasteiger charge is 2.43. The van der Waals surface area contributed by atoms with E-state index >= 15 is 0 Å². The zero-order valence-corrected chi connectivity index (χ0v) is 7.13. The van der Waals surface area contributed by atoms with Crippen molar-refractivity contribution in [1.29, 1.82) is 0 Å². The minimum absolute atomic E-state index is 0.300. The Balaban J connectivity index is 1.96. The summed E-state index contributed by atoms with van der Waals surface area (Å²) in [4.78, 5) is 0. The molecule has 64 valence electrons. The fourth-order valence-corrected chi connectivity index (χ4v) is 2.43. The van der Waals surface area contributed by atoms with Gasteiger partial charge >= 0.3 is 0 Å². The number of rotatable bonds is 2. The number of fused-ring (bicyclic) bond motifs is 2. The number of halogens is 1. The molecule has 0 aromatic carbocycles. The third-order valence-electron chi connectivity index (χ3n) is 2.81. The standard InChI is InChI=1S/C8H13ClO2/c9-4-7(10)6-3-5-1-2-8(6)11-5/h5-8,10H,1-4H2. The molecule has 0 aliphatic carbocycles. The second kappa shape index (κ2) is 2.92. The quantitative estimate of drug-likeness (QED) is 0.640. The van der Waals surface area contributed by atoms with Crippen molar-refractivity contribution >= 4 is 11.6 Å². The molecule has 2 rings (SSSR count). The molecule has 2 bridgehead atoms. The van der Waals surface area contributed by atoms with Crippen LogP contribution < -0.4 is 0 Å². The molecule has 2 saturated heterocycles. The van der Waals surface area contributed by atoms with E-state index in [1.54, 1.807) is 0 Å². The number of aliphatic hydroxyl groups excluding tert-OH is 1. The van der Waals surface area contributed by atoms with E-state index in [1.807, 2.05) is 0 Å². The molecule has 2 fully saturated rings. The summed E-state index contributed by atoms with van der Waals surface area (Å²) in [7, 11) is 0. The van der Waals surface area contributed by atoms with Gasteiger partial charge in [-0.15, -0.1) is 11.6 Å². The number of hydrogen-bond acceptors (Lipinski definition) is 2. The smallest absolute Gasteiger partial charge is 0.0729 e. The lowest BCUT2D eigenvalue weighted by Gasteiger charge is -2.22. The van der Waals surface area contributed by atoms with Gasteiger partial charge in [-0.3, -0.25) is 0 Å². The Bertz CT molecular complexity index is 151. The maximum absolute atomic E-state index is 9.47. The van der Waals surface area contributed by atoms with Crippen molar-refractivity contribution in [2.24, 2.45) is 5.92 Å². The van der Waals surface area contributed by atoms with Crippen LogP contribution in [0.15, 0.2) is 0 Å². The van der Waals surface area contributed by atoms with E-state index in [4.69, 9.17) is 16.3 Å². The molecule has 0 aromatic rings. The molecular formula is C8H13ClO2. The molecule has 1 N–H and O–H groups in total. The van der Waals surface area contributed by atoms with Crippen molar-refractivity contribution < 1.29 is 9.84 Å². The highest BCUT2D eigenvalue weighted by atomic mass is 35.5. The number of ether oxygens (including phenoxy) is 1. The van der Waals surface area contributed by atoms with Crippen LogP contribution in [0.4, 0.5) is 0 Å². The number of hydrogen-bond donors (Lipinski definition) is 1. The maximum Gasteiger partial charge on any atom is 0.0729 e. The Kier molecular flexibility index (Phi) is 2.08. The van der Waals surface area contributed by atoms with E-state index in [0.717, 1.165) is 12.8 Å². The van der Waals surface area contributed by atoms with Gasteiger partial charge in [-0.05, 0) is 19.3 Å². The van der Waals surface area contributed by atoms with Crippen molar-refractivity contribution in [2.45, 2.75) is 37.6 Å². The summed E-state index contributed by atoms with van der Waals surface area (Å²) in [6.07, 6.45) is 3.67. The first-order chi connectivity index (χ1) is 5.31. The summed E-state index contributed by atoms with van der Waals surface area (Å²) in [5.41, 5.74) is 0. The van der Waals surface area contributed by atoms with Gasteiger partial charge in [-0.25, -0.2) is 0 Å². The van der Waals surface area contributed by atoms with Crippen molar-refractivity contribution in [1.82, 2.24) is 0 Å². The second-order valence-electron chi connectivity index (χ2n) is 3.50. The Hall–Kier alpha value is 0.210. The summed E-state index contributed by atoms with van der Waals surface area (Å²) < 4.78 is 5.59. The van der Waals surface area contributed by atoms with Gasteiger partial charge in [-0.2, -0.15) is 0 Å². The van der Waals surface area contributed by atoms with Gasteiger partial charge in [0.25, 0.3) is 0 Å². The summed E-state index contributed by atoms with van der Waals surface area (Å²) in [5.74, 6) is 0.656. The number of alkyl halides is 1. The predicted octanol–water partition coefficient (Wildman–Crippen LogP) is 1.15. The van der Waals surface area contributed by atoms with Gasteiger partial charge in [0.1, 0.15) is 0 Å². The lowest BCUT2D eigenvalue weighted by Crippen LogP contribution is -2.30. The fraction of sp³-hybridized carbons (Fsp3) is 1.00. The second-order valence-corrected chi connectivity index (χ2v) is 3.80. The normalized spacial score (nSPS) is 44.7. The highest BCUT2D eigenvalue weighted by molar-refractivity contribution is 6.18. The van der Waals surface area contributed by atoms with Gasteiger partial charge in [0.05, 0.1) is 18.3 Å². The zero-order chi connectivity index (χ0) is 7.84. The van der Waals surface area contributed by atoms with Crippen LogP contribution in [0.1, 0.15) is 19.3 Å². The van der Waals surface area contributed by atoms with Crippen LogP contribution >= 0.6 is 11.6 Å². The first-order valence-corrected chi connectivity index (χ1v) is 4.74. The first-order valence-electron chi connectivity index (χ1n) is 4.20. The van der Waals surface area contributed by atoms with E-state index in [1.165, 1.54) is 6.42 Å². The van der Waals surface area contributed by atoms with Crippen LogP contribution in [0.2, 0.25) is 0 Å². The molecule has 3 heteroatoms. The Labute approximate surface area is 71.5 Å². The third-order valence-corrected chi connectivity index (χ3v) is 3.12. The lowest BCUT2D eigenvalue weighted by molar-refractivity contribution is 0.0525.